The average Bonchev–Trinajstić information content (AvgIpc) is 1.98. The van der Waals surface area contributed by atoms with Crippen LogP contribution in [0.15, 0.2) is 0 Å². The minimum atomic E-state index is 0.0370. The quantitative estimate of drug-likeness (QED) is 0.627. The van der Waals surface area contributed by atoms with Crippen molar-refractivity contribution in [3.8, 4) is 6.07 Å². The maximum atomic E-state index is 8.89. The molecule has 0 spiro atoms. The summed E-state index contributed by atoms with van der Waals surface area (Å²) < 4.78 is 0. The molecule has 0 radical (unpaired) electrons. The summed E-state index contributed by atoms with van der Waals surface area (Å²) in [5, 5.41) is 8.89. The number of hydrogen-bond acceptors (Lipinski definition) is 2. The van der Waals surface area contributed by atoms with Gasteiger partial charge in [0.05, 0.1) is 6.07 Å². The molecule has 3 heteroatoms. The summed E-state index contributed by atoms with van der Waals surface area (Å²) >= 11 is 0. The van der Waals surface area contributed by atoms with Crippen LogP contribution in [0.1, 0.15) is 27.7 Å². The van der Waals surface area contributed by atoms with E-state index in [0.717, 1.165) is 6.16 Å². The Morgan fingerprint density at radius 1 is 1.25 bits per heavy atom. The molecule has 2 unspecified atom stereocenters. The first-order chi connectivity index (χ1) is 5.54. The number of hydrogen-bond donors (Lipinski definition) is 0. The molecular formula is C9H19N2P. The van der Waals surface area contributed by atoms with E-state index in [-0.39, 0.29) is 6.04 Å². The van der Waals surface area contributed by atoms with Gasteiger partial charge in [-0.05, 0) is 33.9 Å². The molecule has 0 aliphatic carbocycles. The summed E-state index contributed by atoms with van der Waals surface area (Å²) in [7, 11) is 2.63. The summed E-state index contributed by atoms with van der Waals surface area (Å²) in [6, 6.07) is 3.24. The molecular weight excluding hydrogens is 167 g/mol. The predicted octanol–water partition coefficient (Wildman–Crippen LogP) is 1.87. The molecule has 0 saturated heterocycles. The van der Waals surface area contributed by atoms with Crippen molar-refractivity contribution in [3.63, 3.8) is 0 Å². The SMILES string of the molecule is CC(C)N(C(C)C)C(C#N)CP. The first-order valence-corrected chi connectivity index (χ1v) is 5.23. The zero-order valence-electron chi connectivity index (χ0n) is 8.41. The van der Waals surface area contributed by atoms with E-state index in [1.165, 1.54) is 0 Å². The normalized spacial score (nSPS) is 13.9. The zero-order valence-corrected chi connectivity index (χ0v) is 9.57. The van der Waals surface area contributed by atoms with Gasteiger partial charge in [0.1, 0.15) is 6.04 Å². The predicted molar refractivity (Wildman–Crippen MR) is 56.1 cm³/mol. The van der Waals surface area contributed by atoms with Crippen LogP contribution in [0.5, 0.6) is 0 Å². The molecule has 0 saturated carbocycles. The van der Waals surface area contributed by atoms with E-state index in [1.807, 2.05) is 0 Å². The molecule has 0 aromatic rings. The summed E-state index contributed by atoms with van der Waals surface area (Å²) in [6.07, 6.45) is 0.826. The fourth-order valence-corrected chi connectivity index (χ4v) is 1.91. The van der Waals surface area contributed by atoms with E-state index in [2.05, 4.69) is 47.9 Å². The molecule has 0 fully saturated rings. The van der Waals surface area contributed by atoms with Gasteiger partial charge < -0.3 is 0 Å². The van der Waals surface area contributed by atoms with Crippen LogP contribution in [0, 0.1) is 11.3 Å². The van der Waals surface area contributed by atoms with Gasteiger partial charge in [0, 0.05) is 12.1 Å². The molecule has 0 aromatic heterocycles. The van der Waals surface area contributed by atoms with Crippen molar-refractivity contribution in [1.82, 2.24) is 4.90 Å². The van der Waals surface area contributed by atoms with Crippen LogP contribution < -0.4 is 0 Å². The molecule has 0 amide bonds. The minimum Gasteiger partial charge on any atom is -0.283 e. The fourth-order valence-electron chi connectivity index (χ4n) is 1.56. The third kappa shape index (κ3) is 3.09. The molecule has 0 aliphatic rings. The van der Waals surface area contributed by atoms with E-state index in [4.69, 9.17) is 5.26 Å². The van der Waals surface area contributed by atoms with Crippen molar-refractivity contribution in [2.45, 2.75) is 45.8 Å². The highest BCUT2D eigenvalue weighted by atomic mass is 31.0. The smallest absolute Gasteiger partial charge is 0.102 e. The molecule has 0 heterocycles. The highest BCUT2D eigenvalue weighted by Crippen LogP contribution is 2.11. The van der Waals surface area contributed by atoms with Crippen LogP contribution in [0.25, 0.3) is 0 Å². The fraction of sp³-hybridized carbons (Fsp3) is 0.889. The van der Waals surface area contributed by atoms with Gasteiger partial charge in [0.25, 0.3) is 0 Å². The van der Waals surface area contributed by atoms with Gasteiger partial charge in [-0.3, -0.25) is 4.90 Å². The highest BCUT2D eigenvalue weighted by molar-refractivity contribution is 7.16. The zero-order chi connectivity index (χ0) is 9.72. The van der Waals surface area contributed by atoms with Crippen molar-refractivity contribution >= 4 is 9.24 Å². The summed E-state index contributed by atoms with van der Waals surface area (Å²) in [4.78, 5) is 2.23. The Bertz CT molecular complexity index is 152. The van der Waals surface area contributed by atoms with Crippen LogP contribution in [0.3, 0.4) is 0 Å². The summed E-state index contributed by atoms with van der Waals surface area (Å²) in [5.41, 5.74) is 0. The maximum Gasteiger partial charge on any atom is 0.102 e. The lowest BCUT2D eigenvalue weighted by atomic mass is 10.1. The lowest BCUT2D eigenvalue weighted by Crippen LogP contribution is -2.45. The monoisotopic (exact) mass is 186 g/mol. The Kier molecular flexibility index (Phi) is 5.46. The molecule has 0 rings (SSSR count). The topological polar surface area (TPSA) is 27.0 Å². The van der Waals surface area contributed by atoms with Gasteiger partial charge in [-0.2, -0.15) is 5.26 Å². The van der Waals surface area contributed by atoms with Gasteiger partial charge in [-0.1, -0.05) is 0 Å². The van der Waals surface area contributed by atoms with E-state index < -0.39 is 0 Å². The van der Waals surface area contributed by atoms with Crippen molar-refractivity contribution < 1.29 is 0 Å². The lowest BCUT2D eigenvalue weighted by molar-refractivity contribution is 0.153. The summed E-state index contributed by atoms with van der Waals surface area (Å²) in [5.74, 6) is 0. The first-order valence-electron chi connectivity index (χ1n) is 4.41. The van der Waals surface area contributed by atoms with Crippen LogP contribution in [-0.4, -0.2) is 29.2 Å². The van der Waals surface area contributed by atoms with Crippen LogP contribution in [0.2, 0.25) is 0 Å². The van der Waals surface area contributed by atoms with Gasteiger partial charge in [0.15, 0.2) is 0 Å². The standard InChI is InChI=1S/C9H19N2P/c1-7(2)11(8(3)4)9(5-10)6-12/h7-9H,6,12H2,1-4H3. The van der Waals surface area contributed by atoms with Crippen LogP contribution in [0.4, 0.5) is 0 Å². The molecule has 2 atom stereocenters. The largest absolute Gasteiger partial charge is 0.283 e. The maximum absolute atomic E-state index is 8.89. The second-order valence-electron chi connectivity index (χ2n) is 3.52. The molecule has 70 valence electrons. The third-order valence-corrected chi connectivity index (χ3v) is 2.37. The minimum absolute atomic E-state index is 0.0370. The molecule has 0 N–H and O–H groups in total. The van der Waals surface area contributed by atoms with Crippen molar-refractivity contribution in [3.05, 3.63) is 0 Å². The second-order valence-corrected chi connectivity index (χ2v) is 3.99. The highest BCUT2D eigenvalue weighted by Gasteiger charge is 2.21. The van der Waals surface area contributed by atoms with Gasteiger partial charge in [0.2, 0.25) is 0 Å². The van der Waals surface area contributed by atoms with E-state index >= 15 is 0 Å². The molecule has 12 heavy (non-hydrogen) atoms. The average molecular weight is 186 g/mol. The van der Waals surface area contributed by atoms with Gasteiger partial charge in [-0.25, -0.2) is 0 Å². The molecule has 2 nitrogen and oxygen atoms in total. The van der Waals surface area contributed by atoms with Gasteiger partial charge in [-0.15, -0.1) is 9.24 Å². The van der Waals surface area contributed by atoms with Crippen molar-refractivity contribution in [2.24, 2.45) is 0 Å². The number of rotatable bonds is 4. The molecule has 0 aromatic carbocycles. The second kappa shape index (κ2) is 5.51. The van der Waals surface area contributed by atoms with E-state index in [1.54, 1.807) is 0 Å². The van der Waals surface area contributed by atoms with Crippen molar-refractivity contribution in [1.29, 1.82) is 5.26 Å². The van der Waals surface area contributed by atoms with Gasteiger partial charge >= 0.3 is 0 Å². The number of nitriles is 1. The van der Waals surface area contributed by atoms with E-state index in [9.17, 15) is 0 Å². The Balaban J connectivity index is 4.39. The Labute approximate surface area is 78.1 Å². The van der Waals surface area contributed by atoms with Crippen LogP contribution in [-0.2, 0) is 0 Å². The molecule has 0 aliphatic heterocycles. The third-order valence-electron chi connectivity index (χ3n) is 1.92. The molecule has 0 bridgehead atoms. The Hall–Kier alpha value is -0.120. The first kappa shape index (κ1) is 11.9. The number of nitrogens with zero attached hydrogens (tertiary/aromatic N) is 2. The Morgan fingerprint density at radius 3 is 1.75 bits per heavy atom. The summed E-state index contributed by atoms with van der Waals surface area (Å²) in [6.45, 7) is 8.52. The van der Waals surface area contributed by atoms with Crippen LogP contribution >= 0.6 is 9.24 Å². The van der Waals surface area contributed by atoms with E-state index in [0.29, 0.717) is 12.1 Å². The Morgan fingerprint density at radius 2 is 1.67 bits per heavy atom. The van der Waals surface area contributed by atoms with Crippen molar-refractivity contribution in [2.75, 3.05) is 6.16 Å². The lowest BCUT2D eigenvalue weighted by Gasteiger charge is -2.33.